The van der Waals surface area contributed by atoms with E-state index in [4.69, 9.17) is 4.74 Å². The van der Waals surface area contributed by atoms with Crippen LogP contribution in [0.2, 0.25) is 0 Å². The van der Waals surface area contributed by atoms with Crippen LogP contribution in [-0.4, -0.2) is 10.9 Å². The molecule has 128 valence electrons. The van der Waals surface area contributed by atoms with Crippen molar-refractivity contribution in [3.63, 3.8) is 0 Å². The van der Waals surface area contributed by atoms with Crippen LogP contribution in [0.5, 0.6) is 0 Å². The minimum absolute atomic E-state index is 0.244. The first-order chi connectivity index (χ1) is 12.8. The second kappa shape index (κ2) is 7.11. The van der Waals surface area contributed by atoms with Crippen molar-refractivity contribution in [2.24, 2.45) is 0 Å². The normalized spacial score (nSPS) is 15.9. The maximum absolute atomic E-state index is 12.5. The number of benzene rings is 2. The summed E-state index contributed by atoms with van der Waals surface area (Å²) in [6, 6.07) is 22.9. The van der Waals surface area contributed by atoms with Gasteiger partial charge < -0.3 is 10.1 Å². The summed E-state index contributed by atoms with van der Waals surface area (Å²) >= 11 is 0. The molecular formula is C21H17N3O2. The molecule has 3 aromatic rings. The number of aromatic nitrogens is 1. The molecular weight excluding hydrogens is 326 g/mol. The highest BCUT2D eigenvalue weighted by Crippen LogP contribution is 2.30. The average Bonchev–Trinajstić information content (AvgIpc) is 3.14. The first kappa shape index (κ1) is 15.9. The van der Waals surface area contributed by atoms with Gasteiger partial charge in [-0.05, 0) is 12.1 Å². The highest BCUT2D eigenvalue weighted by Gasteiger charge is 2.28. The summed E-state index contributed by atoms with van der Waals surface area (Å²) in [6.07, 6.45) is 2.81. The van der Waals surface area contributed by atoms with Crippen molar-refractivity contribution in [1.82, 2.24) is 15.6 Å². The second-order valence-corrected chi connectivity index (χ2v) is 5.81. The number of nitrogens with one attached hydrogen (secondary N) is 2. The van der Waals surface area contributed by atoms with Gasteiger partial charge in [0.15, 0.2) is 6.23 Å². The van der Waals surface area contributed by atoms with Gasteiger partial charge >= 0.3 is 0 Å². The van der Waals surface area contributed by atoms with Gasteiger partial charge in [-0.1, -0.05) is 60.7 Å². The average molecular weight is 343 g/mol. The van der Waals surface area contributed by atoms with Gasteiger partial charge in [0.05, 0.1) is 0 Å². The van der Waals surface area contributed by atoms with Crippen LogP contribution in [0.1, 0.15) is 27.7 Å². The number of nitrogens with zero attached hydrogens (tertiary/aromatic N) is 1. The van der Waals surface area contributed by atoms with Crippen molar-refractivity contribution in [2.45, 2.75) is 6.23 Å². The number of rotatable bonds is 4. The molecule has 1 unspecified atom stereocenters. The van der Waals surface area contributed by atoms with Gasteiger partial charge in [-0.3, -0.25) is 15.1 Å². The molecule has 5 nitrogen and oxygen atoms in total. The number of ether oxygens (including phenoxy) is 1. The Morgan fingerprint density at radius 3 is 2.27 bits per heavy atom. The number of hydrogen-bond donors (Lipinski definition) is 2. The van der Waals surface area contributed by atoms with Crippen molar-refractivity contribution in [3.05, 3.63) is 108 Å². The smallest absolute Gasteiger partial charge is 0.258 e. The van der Waals surface area contributed by atoms with Crippen molar-refractivity contribution < 1.29 is 9.53 Å². The van der Waals surface area contributed by atoms with Crippen LogP contribution >= 0.6 is 0 Å². The van der Waals surface area contributed by atoms with Gasteiger partial charge in [0, 0.05) is 29.1 Å². The molecule has 4 rings (SSSR count). The lowest BCUT2D eigenvalue weighted by molar-refractivity contribution is 0.0851. The van der Waals surface area contributed by atoms with Crippen LogP contribution in [0, 0.1) is 0 Å². The fourth-order valence-electron chi connectivity index (χ4n) is 2.77. The Bertz CT molecular complexity index is 925. The van der Waals surface area contributed by atoms with E-state index >= 15 is 0 Å². The molecule has 26 heavy (non-hydrogen) atoms. The zero-order valence-electron chi connectivity index (χ0n) is 13.9. The summed E-state index contributed by atoms with van der Waals surface area (Å²) in [5, 5.41) is 6.23. The molecule has 5 heteroatoms. The van der Waals surface area contributed by atoms with E-state index in [1.54, 1.807) is 24.5 Å². The summed E-state index contributed by atoms with van der Waals surface area (Å²) < 4.78 is 6.03. The molecule has 0 radical (unpaired) electrons. The number of amides is 1. The summed E-state index contributed by atoms with van der Waals surface area (Å²) in [6.45, 7) is 0. The van der Waals surface area contributed by atoms with Crippen LogP contribution in [0.4, 0.5) is 0 Å². The lowest BCUT2D eigenvalue weighted by Gasteiger charge is -2.13. The molecule has 0 aliphatic carbocycles. The van der Waals surface area contributed by atoms with E-state index in [9.17, 15) is 4.79 Å². The zero-order chi connectivity index (χ0) is 17.8. The Morgan fingerprint density at radius 1 is 0.923 bits per heavy atom. The fraction of sp³-hybridized carbons (Fsp3) is 0.0476. The lowest BCUT2D eigenvalue weighted by Crippen LogP contribution is -2.24. The van der Waals surface area contributed by atoms with E-state index in [-0.39, 0.29) is 12.1 Å². The van der Waals surface area contributed by atoms with Crippen LogP contribution < -0.4 is 10.6 Å². The first-order valence-electron chi connectivity index (χ1n) is 8.30. The summed E-state index contributed by atoms with van der Waals surface area (Å²) in [4.78, 5) is 16.5. The molecule has 2 N–H and O–H groups in total. The Hall–Kier alpha value is -3.60. The summed E-state index contributed by atoms with van der Waals surface area (Å²) in [7, 11) is 0. The molecule has 0 fully saturated rings. The van der Waals surface area contributed by atoms with E-state index in [0.29, 0.717) is 11.4 Å². The topological polar surface area (TPSA) is 63.2 Å². The Labute approximate surface area is 151 Å². The summed E-state index contributed by atoms with van der Waals surface area (Å²) in [5.41, 5.74) is 3.19. The predicted molar refractivity (Wildman–Crippen MR) is 98.5 cm³/mol. The molecule has 1 aliphatic heterocycles. The van der Waals surface area contributed by atoms with Crippen LogP contribution in [0.25, 0.3) is 5.70 Å². The van der Waals surface area contributed by atoms with Gasteiger partial charge in [0.2, 0.25) is 5.88 Å². The number of carbonyl (C=O) groups is 1. The van der Waals surface area contributed by atoms with E-state index in [0.717, 1.165) is 16.8 Å². The quantitative estimate of drug-likeness (QED) is 0.761. The molecule has 1 aliphatic rings. The molecule has 0 saturated heterocycles. The molecule has 1 amide bonds. The fourth-order valence-corrected chi connectivity index (χ4v) is 2.77. The third-order valence-electron chi connectivity index (χ3n) is 4.07. The maximum atomic E-state index is 12.5. The van der Waals surface area contributed by atoms with Gasteiger partial charge in [0.1, 0.15) is 5.70 Å². The van der Waals surface area contributed by atoms with E-state index < -0.39 is 0 Å². The highest BCUT2D eigenvalue weighted by atomic mass is 16.5. The predicted octanol–water partition coefficient (Wildman–Crippen LogP) is 3.46. The molecule has 0 bridgehead atoms. The third-order valence-corrected chi connectivity index (χ3v) is 4.07. The molecule has 1 atom stereocenters. The molecule has 0 spiro atoms. The van der Waals surface area contributed by atoms with Crippen LogP contribution in [-0.2, 0) is 4.74 Å². The summed E-state index contributed by atoms with van der Waals surface area (Å²) in [5.74, 6) is 0.165. The monoisotopic (exact) mass is 343 g/mol. The van der Waals surface area contributed by atoms with E-state index in [2.05, 4.69) is 15.6 Å². The Morgan fingerprint density at radius 2 is 1.58 bits per heavy atom. The van der Waals surface area contributed by atoms with Crippen molar-refractivity contribution >= 4 is 11.6 Å². The molecule has 2 heterocycles. The molecule has 2 aromatic carbocycles. The minimum Gasteiger partial charge on any atom is -0.449 e. The standard InChI is InChI=1S/C21H17N3O2/c25-19(16-11-13-22-14-12-16)24-21-18(15-7-3-1-4-8-15)23-20(26-21)17-9-5-2-6-10-17/h1-14,20,23H,(H,24,25). The van der Waals surface area contributed by atoms with E-state index in [1.165, 1.54) is 0 Å². The van der Waals surface area contributed by atoms with E-state index in [1.807, 2.05) is 60.7 Å². The van der Waals surface area contributed by atoms with Crippen molar-refractivity contribution in [1.29, 1.82) is 0 Å². The third kappa shape index (κ3) is 3.28. The van der Waals surface area contributed by atoms with Crippen molar-refractivity contribution in [2.75, 3.05) is 0 Å². The largest absolute Gasteiger partial charge is 0.449 e. The lowest BCUT2D eigenvalue weighted by atomic mass is 10.1. The van der Waals surface area contributed by atoms with Gasteiger partial charge in [0.25, 0.3) is 5.91 Å². The van der Waals surface area contributed by atoms with Crippen LogP contribution in [0.3, 0.4) is 0 Å². The minimum atomic E-state index is -0.362. The van der Waals surface area contributed by atoms with Crippen LogP contribution in [0.15, 0.2) is 91.1 Å². The maximum Gasteiger partial charge on any atom is 0.258 e. The van der Waals surface area contributed by atoms with Gasteiger partial charge in [-0.15, -0.1) is 0 Å². The second-order valence-electron chi connectivity index (χ2n) is 5.81. The SMILES string of the molecule is O=C(NC1=C(c2ccccc2)NC(c2ccccc2)O1)c1ccncc1. The van der Waals surface area contributed by atoms with Gasteiger partial charge in [-0.2, -0.15) is 0 Å². The van der Waals surface area contributed by atoms with Gasteiger partial charge in [-0.25, -0.2) is 0 Å². The molecule has 0 saturated carbocycles. The number of carbonyl (C=O) groups excluding carboxylic acids is 1. The Kier molecular flexibility index (Phi) is 4.35. The molecule has 1 aromatic heterocycles. The highest BCUT2D eigenvalue weighted by molar-refractivity contribution is 5.95. The Balaban J connectivity index is 1.64. The zero-order valence-corrected chi connectivity index (χ0v) is 13.9. The number of hydrogen-bond acceptors (Lipinski definition) is 4. The van der Waals surface area contributed by atoms with Crippen molar-refractivity contribution in [3.8, 4) is 0 Å². The first-order valence-corrected chi connectivity index (χ1v) is 8.30. The number of pyridine rings is 1.